The number of carbonyl (C=O) groups is 1. The first-order valence-electron chi connectivity index (χ1n) is 6.82. The lowest BCUT2D eigenvalue weighted by Crippen LogP contribution is -2.30. The topological polar surface area (TPSA) is 97.1 Å². The van der Waals surface area contributed by atoms with E-state index in [1.807, 2.05) is 0 Å². The molecule has 0 aliphatic carbocycles. The Bertz CT molecular complexity index is 782. The average molecular weight is 339 g/mol. The number of hydrogen-bond acceptors (Lipinski definition) is 5. The molecule has 23 heavy (non-hydrogen) atoms. The molecule has 0 aliphatic heterocycles. The number of benzene rings is 1. The number of carboxylic acids is 1. The highest BCUT2D eigenvalue weighted by Gasteiger charge is 2.27. The Kier molecular flexibility index (Phi) is 5.07. The smallest absolute Gasteiger partial charge is 0.335 e. The van der Waals surface area contributed by atoms with Crippen molar-refractivity contribution in [1.82, 2.24) is 4.31 Å². The Morgan fingerprint density at radius 3 is 2.61 bits per heavy atom. The summed E-state index contributed by atoms with van der Waals surface area (Å²) in [4.78, 5) is 10.9. The Morgan fingerprint density at radius 1 is 1.35 bits per heavy atom. The molecule has 1 aromatic heterocycles. The number of carboxylic acid groups (broad SMARTS) is 1. The first-order valence-corrected chi connectivity index (χ1v) is 8.26. The van der Waals surface area contributed by atoms with Crippen LogP contribution in [0.25, 0.3) is 0 Å². The number of nitrogens with zero attached hydrogens (tertiary/aromatic N) is 1. The van der Waals surface area contributed by atoms with Crippen LogP contribution in [-0.2, 0) is 16.6 Å². The van der Waals surface area contributed by atoms with Gasteiger partial charge in [-0.1, -0.05) is 6.92 Å². The highest BCUT2D eigenvalue weighted by Crippen LogP contribution is 2.28. The van der Waals surface area contributed by atoms with Crippen molar-refractivity contribution >= 4 is 16.0 Å². The fourth-order valence-corrected chi connectivity index (χ4v) is 3.68. The summed E-state index contributed by atoms with van der Waals surface area (Å²) in [6.45, 7) is 2.12. The van der Waals surface area contributed by atoms with Gasteiger partial charge in [0, 0.05) is 18.7 Å². The zero-order valence-corrected chi connectivity index (χ0v) is 13.5. The van der Waals surface area contributed by atoms with E-state index in [-0.39, 0.29) is 29.3 Å². The second kappa shape index (κ2) is 6.84. The molecule has 8 heteroatoms. The van der Waals surface area contributed by atoms with Crippen molar-refractivity contribution in [2.75, 3.05) is 13.7 Å². The summed E-state index contributed by atoms with van der Waals surface area (Å²) in [6.07, 6.45) is 2.95. The van der Waals surface area contributed by atoms with E-state index in [0.717, 1.165) is 5.56 Å². The molecule has 7 nitrogen and oxygen atoms in total. The fourth-order valence-electron chi connectivity index (χ4n) is 2.11. The van der Waals surface area contributed by atoms with Crippen LogP contribution >= 0.6 is 0 Å². The molecule has 0 saturated heterocycles. The molecule has 0 spiro atoms. The van der Waals surface area contributed by atoms with Gasteiger partial charge in [0.2, 0.25) is 10.0 Å². The molecule has 1 N–H and O–H groups in total. The van der Waals surface area contributed by atoms with Gasteiger partial charge in [-0.3, -0.25) is 0 Å². The second-order valence-electron chi connectivity index (χ2n) is 4.73. The van der Waals surface area contributed by atoms with Gasteiger partial charge in [-0.25, -0.2) is 13.2 Å². The van der Waals surface area contributed by atoms with Crippen molar-refractivity contribution in [1.29, 1.82) is 0 Å². The molecule has 0 fully saturated rings. The van der Waals surface area contributed by atoms with Crippen molar-refractivity contribution in [2.45, 2.75) is 18.4 Å². The van der Waals surface area contributed by atoms with Gasteiger partial charge < -0.3 is 14.3 Å². The number of ether oxygens (including phenoxy) is 1. The van der Waals surface area contributed by atoms with Gasteiger partial charge in [-0.2, -0.15) is 4.31 Å². The van der Waals surface area contributed by atoms with E-state index in [9.17, 15) is 13.2 Å². The lowest BCUT2D eigenvalue weighted by Gasteiger charge is -2.21. The van der Waals surface area contributed by atoms with Crippen molar-refractivity contribution < 1.29 is 27.5 Å². The van der Waals surface area contributed by atoms with Crippen LogP contribution in [0.5, 0.6) is 5.75 Å². The monoisotopic (exact) mass is 339 g/mol. The van der Waals surface area contributed by atoms with Crippen LogP contribution in [0.2, 0.25) is 0 Å². The average Bonchev–Trinajstić information content (AvgIpc) is 3.04. The maximum absolute atomic E-state index is 12.8. The van der Waals surface area contributed by atoms with Crippen LogP contribution in [0.1, 0.15) is 22.8 Å². The Labute approximate surface area is 134 Å². The highest BCUT2D eigenvalue weighted by molar-refractivity contribution is 7.89. The largest absolute Gasteiger partial charge is 0.495 e. The van der Waals surface area contributed by atoms with E-state index in [1.54, 1.807) is 13.0 Å². The van der Waals surface area contributed by atoms with Crippen LogP contribution in [0.3, 0.4) is 0 Å². The number of aromatic carboxylic acids is 1. The SMILES string of the molecule is CCN(Cc1ccoc1)S(=O)(=O)c1ccc(C(=O)O)cc1OC. The molecular formula is C15H17NO6S. The van der Waals surface area contributed by atoms with Gasteiger partial charge in [0.25, 0.3) is 0 Å². The molecule has 124 valence electrons. The normalized spacial score (nSPS) is 11.6. The Balaban J connectivity index is 2.42. The zero-order chi connectivity index (χ0) is 17.0. The minimum atomic E-state index is -3.84. The van der Waals surface area contributed by atoms with Crippen molar-refractivity contribution in [3.63, 3.8) is 0 Å². The Morgan fingerprint density at radius 2 is 2.09 bits per heavy atom. The van der Waals surface area contributed by atoms with Crippen molar-refractivity contribution in [3.05, 3.63) is 47.9 Å². The summed E-state index contributed by atoms with van der Waals surface area (Å²) in [5, 5.41) is 9.00. The first-order chi connectivity index (χ1) is 10.9. The quantitative estimate of drug-likeness (QED) is 0.830. The molecule has 1 heterocycles. The van der Waals surface area contributed by atoms with E-state index in [1.165, 1.54) is 42.1 Å². The lowest BCUT2D eigenvalue weighted by molar-refractivity contribution is 0.0696. The minimum Gasteiger partial charge on any atom is -0.495 e. The third-order valence-corrected chi connectivity index (χ3v) is 5.28. The fraction of sp³-hybridized carbons (Fsp3) is 0.267. The number of methoxy groups -OCH3 is 1. The molecule has 0 radical (unpaired) electrons. The molecule has 1 aromatic carbocycles. The van der Waals surface area contributed by atoms with E-state index in [0.29, 0.717) is 0 Å². The van der Waals surface area contributed by atoms with Crippen LogP contribution in [0, 0.1) is 0 Å². The van der Waals surface area contributed by atoms with Gasteiger partial charge in [0.05, 0.1) is 25.2 Å². The highest BCUT2D eigenvalue weighted by atomic mass is 32.2. The molecule has 0 unspecified atom stereocenters. The molecule has 0 aliphatic rings. The second-order valence-corrected chi connectivity index (χ2v) is 6.64. The van der Waals surface area contributed by atoms with E-state index < -0.39 is 16.0 Å². The minimum absolute atomic E-state index is 0.00413. The number of sulfonamides is 1. The summed E-state index contributed by atoms with van der Waals surface area (Å²) in [5.41, 5.74) is 0.676. The van der Waals surface area contributed by atoms with Crippen molar-refractivity contribution in [3.8, 4) is 5.75 Å². The predicted molar refractivity (Wildman–Crippen MR) is 81.9 cm³/mol. The molecule has 2 aromatic rings. The third-order valence-electron chi connectivity index (χ3n) is 3.32. The van der Waals surface area contributed by atoms with Gasteiger partial charge in [0.15, 0.2) is 0 Å². The van der Waals surface area contributed by atoms with Crippen LogP contribution in [-0.4, -0.2) is 37.5 Å². The lowest BCUT2D eigenvalue weighted by atomic mass is 10.2. The third kappa shape index (κ3) is 3.54. The number of rotatable bonds is 7. The zero-order valence-electron chi connectivity index (χ0n) is 12.7. The maximum atomic E-state index is 12.8. The van der Waals surface area contributed by atoms with Crippen LogP contribution < -0.4 is 4.74 Å². The molecule has 0 saturated carbocycles. The summed E-state index contributed by atoms with van der Waals surface area (Å²) >= 11 is 0. The maximum Gasteiger partial charge on any atom is 0.335 e. The number of furan rings is 1. The molecule has 0 bridgehead atoms. The standard InChI is InChI=1S/C15H17NO6S/c1-3-16(9-11-6-7-22-10-11)23(19,20)14-5-4-12(15(17)18)8-13(14)21-2/h4-8,10H,3,9H2,1-2H3,(H,17,18). The van der Waals surface area contributed by atoms with E-state index >= 15 is 0 Å². The predicted octanol–water partition coefficient (Wildman–Crippen LogP) is 2.20. The van der Waals surface area contributed by atoms with E-state index in [2.05, 4.69) is 0 Å². The molecule has 2 rings (SSSR count). The summed E-state index contributed by atoms with van der Waals surface area (Å²) in [5.74, 6) is -1.16. The van der Waals surface area contributed by atoms with Gasteiger partial charge in [0.1, 0.15) is 10.6 Å². The van der Waals surface area contributed by atoms with Gasteiger partial charge in [-0.05, 0) is 24.3 Å². The van der Waals surface area contributed by atoms with Gasteiger partial charge in [-0.15, -0.1) is 0 Å². The Hall–Kier alpha value is -2.32. The summed E-state index contributed by atoms with van der Waals surface area (Å²) in [6, 6.07) is 5.36. The van der Waals surface area contributed by atoms with E-state index in [4.69, 9.17) is 14.3 Å². The molecule has 0 amide bonds. The number of hydrogen-bond donors (Lipinski definition) is 1. The summed E-state index contributed by atoms with van der Waals surface area (Å²) < 4.78 is 36.9. The molecule has 0 atom stereocenters. The van der Waals surface area contributed by atoms with Gasteiger partial charge >= 0.3 is 5.97 Å². The van der Waals surface area contributed by atoms with Crippen LogP contribution in [0.4, 0.5) is 0 Å². The van der Waals surface area contributed by atoms with Crippen molar-refractivity contribution in [2.24, 2.45) is 0 Å². The first kappa shape index (κ1) is 17.0. The van der Waals surface area contributed by atoms with Crippen LogP contribution in [0.15, 0.2) is 46.1 Å². The molecular weight excluding hydrogens is 322 g/mol. The summed E-state index contributed by atoms with van der Waals surface area (Å²) in [7, 11) is -2.54.